The average Bonchev–Trinajstić information content (AvgIpc) is 3.27. The highest BCUT2D eigenvalue weighted by Crippen LogP contribution is 2.42. The molecule has 2 fully saturated rings. The summed E-state index contributed by atoms with van der Waals surface area (Å²) in [6.07, 6.45) is 5.26. The maximum atomic E-state index is 12.5. The van der Waals surface area contributed by atoms with Gasteiger partial charge in [-0.2, -0.15) is 4.98 Å². The number of rotatable bonds is 5. The molecule has 3 atom stereocenters. The number of carbonyl (C=O) groups is 1. The molecule has 1 N–H and O–H groups in total. The van der Waals surface area contributed by atoms with Gasteiger partial charge in [0.05, 0.1) is 12.1 Å². The molecule has 144 valence electrons. The lowest BCUT2D eigenvalue weighted by molar-refractivity contribution is -0.0687. The van der Waals surface area contributed by atoms with Gasteiger partial charge in [0.1, 0.15) is 5.69 Å². The Labute approximate surface area is 158 Å². The summed E-state index contributed by atoms with van der Waals surface area (Å²) in [6, 6.07) is 5.66. The van der Waals surface area contributed by atoms with Gasteiger partial charge in [0.25, 0.3) is 5.91 Å². The molecule has 2 aromatic heterocycles. The number of aromatic nitrogens is 3. The Hall–Kier alpha value is -2.32. The van der Waals surface area contributed by atoms with E-state index in [1.807, 2.05) is 13.0 Å². The van der Waals surface area contributed by atoms with Crippen molar-refractivity contribution in [3.8, 4) is 0 Å². The van der Waals surface area contributed by atoms with Crippen LogP contribution in [0.3, 0.4) is 0 Å². The van der Waals surface area contributed by atoms with Gasteiger partial charge in [0.2, 0.25) is 5.89 Å². The summed E-state index contributed by atoms with van der Waals surface area (Å²) in [6.45, 7) is 3.35. The van der Waals surface area contributed by atoms with Crippen molar-refractivity contribution in [2.75, 3.05) is 13.7 Å². The van der Waals surface area contributed by atoms with Crippen LogP contribution in [0.2, 0.25) is 0 Å². The van der Waals surface area contributed by atoms with E-state index in [1.54, 1.807) is 25.4 Å². The van der Waals surface area contributed by atoms with Gasteiger partial charge in [-0.15, -0.1) is 0 Å². The number of amides is 1. The number of methoxy groups -OCH3 is 1. The molecule has 2 aliphatic rings. The number of carbonyl (C=O) groups excluding carboxylic acids is 1. The molecule has 1 saturated carbocycles. The fourth-order valence-electron chi connectivity index (χ4n) is 4.44. The Morgan fingerprint density at radius 1 is 1.44 bits per heavy atom. The van der Waals surface area contributed by atoms with E-state index in [4.69, 9.17) is 9.26 Å². The number of nitrogens with zero attached hydrogens (tertiary/aromatic N) is 4. The van der Waals surface area contributed by atoms with E-state index >= 15 is 0 Å². The minimum Gasteiger partial charge on any atom is -0.377 e. The van der Waals surface area contributed by atoms with Crippen LogP contribution in [0.5, 0.6) is 0 Å². The zero-order valence-corrected chi connectivity index (χ0v) is 15.7. The smallest absolute Gasteiger partial charge is 0.270 e. The molecule has 8 heteroatoms. The predicted octanol–water partition coefficient (Wildman–Crippen LogP) is 1.72. The summed E-state index contributed by atoms with van der Waals surface area (Å²) in [5, 5.41) is 7.02. The number of nitrogens with one attached hydrogen (secondary N) is 1. The standard InChI is InChI=1S/C19H25N5O3/c1-13-21-17(27-23-13)12-24-10-8-19(26-2)7-6-14(11-16(19)24)22-18(25)15-5-3-4-9-20-15/h3-5,9,14,16H,6-8,10-12H2,1-2H3,(H,22,25)/t14-,16+,19-/m1/s1. The summed E-state index contributed by atoms with van der Waals surface area (Å²) in [4.78, 5) is 23.3. The van der Waals surface area contributed by atoms with Crippen LogP contribution in [-0.4, -0.2) is 57.3 Å². The second-order valence-corrected chi connectivity index (χ2v) is 7.40. The van der Waals surface area contributed by atoms with Crippen LogP contribution in [0.1, 0.15) is 47.9 Å². The Morgan fingerprint density at radius 2 is 2.33 bits per heavy atom. The van der Waals surface area contributed by atoms with Crippen LogP contribution in [-0.2, 0) is 11.3 Å². The minimum absolute atomic E-state index is 0.0952. The first-order valence-electron chi connectivity index (χ1n) is 9.40. The van der Waals surface area contributed by atoms with Crippen molar-refractivity contribution in [2.45, 2.75) is 56.8 Å². The van der Waals surface area contributed by atoms with Gasteiger partial charge < -0.3 is 14.6 Å². The van der Waals surface area contributed by atoms with E-state index < -0.39 is 0 Å². The largest absolute Gasteiger partial charge is 0.377 e. The van der Waals surface area contributed by atoms with Crippen molar-refractivity contribution in [3.63, 3.8) is 0 Å². The van der Waals surface area contributed by atoms with Gasteiger partial charge in [-0.05, 0) is 44.7 Å². The summed E-state index contributed by atoms with van der Waals surface area (Å²) >= 11 is 0. The van der Waals surface area contributed by atoms with Crippen LogP contribution >= 0.6 is 0 Å². The fourth-order valence-corrected chi connectivity index (χ4v) is 4.44. The quantitative estimate of drug-likeness (QED) is 0.855. The van der Waals surface area contributed by atoms with Crippen LogP contribution in [0.15, 0.2) is 28.9 Å². The lowest BCUT2D eigenvalue weighted by Crippen LogP contribution is -2.54. The van der Waals surface area contributed by atoms with Crippen molar-refractivity contribution in [3.05, 3.63) is 41.8 Å². The topological polar surface area (TPSA) is 93.4 Å². The van der Waals surface area contributed by atoms with Crippen molar-refractivity contribution in [2.24, 2.45) is 0 Å². The van der Waals surface area contributed by atoms with Gasteiger partial charge in [-0.25, -0.2) is 0 Å². The molecule has 8 nitrogen and oxygen atoms in total. The number of fused-ring (bicyclic) bond motifs is 1. The van der Waals surface area contributed by atoms with Gasteiger partial charge in [0.15, 0.2) is 5.82 Å². The minimum atomic E-state index is -0.165. The Bertz CT molecular complexity index is 796. The highest BCUT2D eigenvalue weighted by atomic mass is 16.5. The molecule has 1 aliphatic heterocycles. The predicted molar refractivity (Wildman–Crippen MR) is 96.9 cm³/mol. The van der Waals surface area contributed by atoms with Gasteiger partial charge in [0, 0.05) is 31.9 Å². The SMILES string of the molecule is CO[C@@]12CC[C@@H](NC(=O)c3ccccn3)C[C@@H]1N(Cc1nc(C)no1)CC2. The van der Waals surface area contributed by atoms with Crippen LogP contribution < -0.4 is 5.32 Å². The van der Waals surface area contributed by atoms with Gasteiger partial charge >= 0.3 is 0 Å². The maximum absolute atomic E-state index is 12.5. The van der Waals surface area contributed by atoms with Crippen molar-refractivity contribution < 1.29 is 14.1 Å². The second-order valence-electron chi connectivity index (χ2n) is 7.40. The zero-order valence-electron chi connectivity index (χ0n) is 15.7. The molecule has 1 saturated heterocycles. The van der Waals surface area contributed by atoms with Crippen LogP contribution in [0.4, 0.5) is 0 Å². The first-order chi connectivity index (χ1) is 13.1. The summed E-state index contributed by atoms with van der Waals surface area (Å²) < 4.78 is 11.3. The average molecular weight is 371 g/mol. The lowest BCUT2D eigenvalue weighted by Gasteiger charge is -2.43. The second kappa shape index (κ2) is 7.36. The number of ether oxygens (including phenoxy) is 1. The maximum Gasteiger partial charge on any atom is 0.270 e. The molecule has 0 bridgehead atoms. The lowest BCUT2D eigenvalue weighted by atomic mass is 9.78. The molecule has 3 heterocycles. The number of hydrogen-bond acceptors (Lipinski definition) is 7. The summed E-state index contributed by atoms with van der Waals surface area (Å²) in [5.41, 5.74) is 0.284. The third-order valence-corrected chi connectivity index (χ3v) is 5.84. The molecule has 4 rings (SSSR count). The van der Waals surface area contributed by atoms with E-state index in [9.17, 15) is 4.79 Å². The van der Waals surface area contributed by atoms with Gasteiger partial charge in [-0.1, -0.05) is 11.2 Å². The molecular weight excluding hydrogens is 346 g/mol. The molecule has 2 aromatic rings. The van der Waals surface area contributed by atoms with E-state index in [-0.39, 0.29) is 23.6 Å². The van der Waals surface area contributed by atoms with E-state index in [2.05, 4.69) is 25.3 Å². The highest BCUT2D eigenvalue weighted by molar-refractivity contribution is 5.92. The van der Waals surface area contributed by atoms with E-state index in [1.165, 1.54) is 0 Å². The molecular formula is C19H25N5O3. The Kier molecular flexibility index (Phi) is 4.92. The summed E-state index contributed by atoms with van der Waals surface area (Å²) in [7, 11) is 1.79. The van der Waals surface area contributed by atoms with Crippen molar-refractivity contribution >= 4 is 5.91 Å². The first kappa shape index (κ1) is 18.1. The van der Waals surface area contributed by atoms with Crippen LogP contribution in [0, 0.1) is 6.92 Å². The fraction of sp³-hybridized carbons (Fsp3) is 0.579. The van der Waals surface area contributed by atoms with Crippen molar-refractivity contribution in [1.29, 1.82) is 0 Å². The van der Waals surface area contributed by atoms with Gasteiger partial charge in [-0.3, -0.25) is 14.7 Å². The zero-order chi connectivity index (χ0) is 18.9. The number of likely N-dealkylation sites (tertiary alicyclic amines) is 1. The number of pyridine rings is 1. The normalized spacial score (nSPS) is 28.1. The van der Waals surface area contributed by atoms with E-state index in [0.717, 1.165) is 32.2 Å². The molecule has 1 aliphatic carbocycles. The first-order valence-corrected chi connectivity index (χ1v) is 9.40. The molecule has 0 radical (unpaired) electrons. The highest BCUT2D eigenvalue weighted by Gasteiger charge is 2.51. The molecule has 0 unspecified atom stereocenters. The van der Waals surface area contributed by atoms with Crippen LogP contribution in [0.25, 0.3) is 0 Å². The molecule has 0 spiro atoms. The third kappa shape index (κ3) is 3.59. The van der Waals surface area contributed by atoms with Crippen molar-refractivity contribution in [1.82, 2.24) is 25.3 Å². The molecule has 0 aromatic carbocycles. The Balaban J connectivity index is 1.45. The number of aryl methyl sites for hydroxylation is 1. The molecule has 27 heavy (non-hydrogen) atoms. The third-order valence-electron chi connectivity index (χ3n) is 5.84. The molecule has 1 amide bonds. The van der Waals surface area contributed by atoms with E-state index in [0.29, 0.717) is 24.0 Å². The Morgan fingerprint density at radius 3 is 3.04 bits per heavy atom. The summed E-state index contributed by atoms with van der Waals surface area (Å²) in [5.74, 6) is 1.15. The monoisotopic (exact) mass is 371 g/mol. The number of hydrogen-bond donors (Lipinski definition) is 1.